The SMILES string of the molecule is C.CC(C)C1N2CN3CN(C2)C(C(C)C)N1C3C(C)C. The standard InChI is InChI=1S/C15H30N4.CH4/c1-10(2)13-16-7-17-9-18(8-16)15(12(5)6)19(13)14(17)11(3)4;/h10-15H,7-9H2,1-6H3;1H4. The summed E-state index contributed by atoms with van der Waals surface area (Å²) in [6.07, 6.45) is 1.85. The Hall–Kier alpha value is -0.160. The van der Waals surface area contributed by atoms with Gasteiger partial charge in [-0.15, -0.1) is 0 Å². The van der Waals surface area contributed by atoms with Crippen molar-refractivity contribution in [2.45, 2.75) is 67.5 Å². The summed E-state index contributed by atoms with van der Waals surface area (Å²) in [5, 5.41) is 0. The summed E-state index contributed by atoms with van der Waals surface area (Å²) in [5.41, 5.74) is 0. The predicted octanol–water partition coefficient (Wildman–Crippen LogP) is 2.69. The number of hydrogen-bond donors (Lipinski definition) is 0. The summed E-state index contributed by atoms with van der Waals surface area (Å²) in [5.74, 6) is 2.10. The Morgan fingerprint density at radius 1 is 0.600 bits per heavy atom. The van der Waals surface area contributed by atoms with Crippen molar-refractivity contribution in [3.8, 4) is 0 Å². The smallest absolute Gasteiger partial charge is 0.0696 e. The minimum atomic E-state index is 0. The Morgan fingerprint density at radius 2 is 0.850 bits per heavy atom. The minimum Gasteiger partial charge on any atom is -0.261 e. The van der Waals surface area contributed by atoms with Crippen LogP contribution >= 0.6 is 0 Å². The molecule has 0 radical (unpaired) electrons. The molecule has 20 heavy (non-hydrogen) atoms. The highest BCUT2D eigenvalue weighted by Gasteiger charge is 2.55. The fourth-order valence-electron chi connectivity index (χ4n) is 4.67. The van der Waals surface area contributed by atoms with Crippen LogP contribution in [0.4, 0.5) is 0 Å². The summed E-state index contributed by atoms with van der Waals surface area (Å²) in [7, 11) is 0. The van der Waals surface area contributed by atoms with E-state index < -0.39 is 0 Å². The molecular formula is C16H34N4. The van der Waals surface area contributed by atoms with Gasteiger partial charge in [-0.25, -0.2) is 0 Å². The fourth-order valence-corrected chi connectivity index (χ4v) is 4.67. The molecule has 3 atom stereocenters. The molecule has 0 saturated carbocycles. The third-order valence-electron chi connectivity index (χ3n) is 4.92. The predicted molar refractivity (Wildman–Crippen MR) is 84.6 cm³/mol. The van der Waals surface area contributed by atoms with Crippen LogP contribution in [0.5, 0.6) is 0 Å². The highest BCUT2D eigenvalue weighted by molar-refractivity contribution is 5.00. The van der Waals surface area contributed by atoms with Crippen LogP contribution in [0.1, 0.15) is 49.0 Å². The van der Waals surface area contributed by atoms with E-state index in [9.17, 15) is 0 Å². The molecule has 0 amide bonds. The average molecular weight is 282 g/mol. The lowest BCUT2D eigenvalue weighted by Crippen LogP contribution is -2.84. The van der Waals surface area contributed by atoms with E-state index in [0.29, 0.717) is 36.3 Å². The van der Waals surface area contributed by atoms with Crippen LogP contribution in [0, 0.1) is 17.8 Å². The molecule has 3 unspecified atom stereocenters. The number of hydrogen-bond acceptors (Lipinski definition) is 4. The van der Waals surface area contributed by atoms with Crippen LogP contribution in [0.15, 0.2) is 0 Å². The van der Waals surface area contributed by atoms with Gasteiger partial charge in [-0.1, -0.05) is 49.0 Å². The lowest BCUT2D eigenvalue weighted by molar-refractivity contribution is -0.317. The van der Waals surface area contributed by atoms with Gasteiger partial charge in [-0.2, -0.15) is 0 Å². The Morgan fingerprint density at radius 3 is 1.05 bits per heavy atom. The molecule has 0 aromatic rings. The first-order valence-electron chi connectivity index (χ1n) is 7.91. The quantitative estimate of drug-likeness (QED) is 0.789. The first kappa shape index (κ1) is 16.2. The molecule has 118 valence electrons. The molecular weight excluding hydrogens is 248 g/mol. The summed E-state index contributed by atoms with van der Waals surface area (Å²) in [6.45, 7) is 17.8. The van der Waals surface area contributed by atoms with Crippen molar-refractivity contribution in [3.05, 3.63) is 0 Å². The van der Waals surface area contributed by atoms with Crippen molar-refractivity contribution < 1.29 is 0 Å². The molecule has 0 aromatic carbocycles. The van der Waals surface area contributed by atoms with Crippen molar-refractivity contribution in [1.29, 1.82) is 0 Å². The topological polar surface area (TPSA) is 13.0 Å². The molecule has 4 nitrogen and oxygen atoms in total. The molecule has 0 spiro atoms. The number of rotatable bonds is 3. The van der Waals surface area contributed by atoms with E-state index in [1.165, 1.54) is 0 Å². The summed E-state index contributed by atoms with van der Waals surface area (Å²) < 4.78 is 0. The molecule has 4 aliphatic rings. The van der Waals surface area contributed by atoms with Crippen molar-refractivity contribution in [3.63, 3.8) is 0 Å². The van der Waals surface area contributed by atoms with Gasteiger partial charge >= 0.3 is 0 Å². The van der Waals surface area contributed by atoms with Gasteiger partial charge in [0, 0.05) is 0 Å². The van der Waals surface area contributed by atoms with Gasteiger partial charge in [0.25, 0.3) is 0 Å². The minimum absolute atomic E-state index is 0. The van der Waals surface area contributed by atoms with Crippen LogP contribution in [-0.2, 0) is 0 Å². The van der Waals surface area contributed by atoms with E-state index in [1.807, 2.05) is 0 Å². The largest absolute Gasteiger partial charge is 0.261 e. The van der Waals surface area contributed by atoms with Crippen LogP contribution in [0.2, 0.25) is 0 Å². The van der Waals surface area contributed by atoms with Crippen LogP contribution in [0.3, 0.4) is 0 Å². The summed E-state index contributed by atoms with van der Waals surface area (Å²) in [4.78, 5) is 10.8. The molecule has 4 rings (SSSR count). The third kappa shape index (κ3) is 2.21. The van der Waals surface area contributed by atoms with E-state index in [0.717, 1.165) is 20.0 Å². The normalized spacial score (nSPS) is 46.4. The first-order chi connectivity index (χ1) is 8.91. The zero-order valence-electron chi connectivity index (χ0n) is 13.4. The molecule has 4 fully saturated rings. The van der Waals surface area contributed by atoms with Gasteiger partial charge in [-0.3, -0.25) is 19.6 Å². The van der Waals surface area contributed by atoms with Crippen LogP contribution < -0.4 is 0 Å². The van der Waals surface area contributed by atoms with E-state index in [4.69, 9.17) is 0 Å². The van der Waals surface area contributed by atoms with Gasteiger partial charge in [-0.05, 0) is 17.8 Å². The lowest BCUT2D eigenvalue weighted by atomic mass is 9.93. The van der Waals surface area contributed by atoms with Gasteiger partial charge in [0.2, 0.25) is 0 Å². The molecule has 4 saturated heterocycles. The Bertz CT molecular complexity index is 283. The maximum Gasteiger partial charge on any atom is 0.0696 e. The zero-order valence-corrected chi connectivity index (χ0v) is 13.4. The maximum absolute atomic E-state index is 2.82. The van der Waals surface area contributed by atoms with Crippen molar-refractivity contribution in [2.75, 3.05) is 20.0 Å². The van der Waals surface area contributed by atoms with Crippen LogP contribution in [-0.4, -0.2) is 58.1 Å². The third-order valence-corrected chi connectivity index (χ3v) is 4.92. The second-order valence-electron chi connectivity index (χ2n) is 7.61. The monoisotopic (exact) mass is 282 g/mol. The van der Waals surface area contributed by atoms with Gasteiger partial charge in [0.15, 0.2) is 0 Å². The Labute approximate surface area is 125 Å². The second kappa shape index (κ2) is 5.56. The van der Waals surface area contributed by atoms with Crippen molar-refractivity contribution in [1.82, 2.24) is 19.6 Å². The van der Waals surface area contributed by atoms with Crippen molar-refractivity contribution >= 4 is 0 Å². The molecule has 0 aliphatic carbocycles. The molecule has 0 N–H and O–H groups in total. The lowest BCUT2D eigenvalue weighted by Gasteiger charge is -2.70. The highest BCUT2D eigenvalue weighted by Crippen LogP contribution is 2.41. The fraction of sp³-hybridized carbons (Fsp3) is 1.00. The molecule has 4 bridgehead atoms. The highest BCUT2D eigenvalue weighted by atomic mass is 15.7. The summed E-state index contributed by atoms with van der Waals surface area (Å²) >= 11 is 0. The second-order valence-corrected chi connectivity index (χ2v) is 7.61. The van der Waals surface area contributed by atoms with Crippen molar-refractivity contribution in [2.24, 2.45) is 17.8 Å². The van der Waals surface area contributed by atoms with Gasteiger partial charge < -0.3 is 0 Å². The van der Waals surface area contributed by atoms with Crippen LogP contribution in [0.25, 0.3) is 0 Å². The van der Waals surface area contributed by atoms with E-state index in [1.54, 1.807) is 0 Å². The first-order valence-corrected chi connectivity index (χ1v) is 7.91. The Balaban J connectivity index is 0.00000147. The molecule has 4 heteroatoms. The number of nitrogens with zero attached hydrogens (tertiary/aromatic N) is 4. The maximum atomic E-state index is 2.82. The van der Waals surface area contributed by atoms with Gasteiger partial charge in [0.1, 0.15) is 0 Å². The molecule has 0 aromatic heterocycles. The van der Waals surface area contributed by atoms with E-state index >= 15 is 0 Å². The molecule has 4 heterocycles. The summed E-state index contributed by atoms with van der Waals surface area (Å²) in [6, 6.07) is 0. The Kier molecular flexibility index (Phi) is 4.51. The van der Waals surface area contributed by atoms with E-state index in [-0.39, 0.29) is 7.43 Å². The molecule has 4 aliphatic heterocycles. The zero-order chi connectivity index (χ0) is 13.9. The average Bonchev–Trinajstić information content (AvgIpc) is 2.26. The van der Waals surface area contributed by atoms with E-state index in [2.05, 4.69) is 61.1 Å². The van der Waals surface area contributed by atoms with Gasteiger partial charge in [0.05, 0.1) is 38.5 Å².